The molecular formula is C16H8ClF5N4O3. The standard InChI is InChI=1S/C16H8ClF5N4O3/c17-14-23-13(9-1-3-11(4-2-9)26(27)28)24-25(14)10-5-7-12(8-6-10)29-16(21,22)15(18,19)20/h1-8H. The second-order valence-corrected chi connectivity index (χ2v) is 5.87. The minimum Gasteiger partial charge on any atom is -0.426 e. The van der Waals surface area contributed by atoms with Gasteiger partial charge in [0, 0.05) is 17.7 Å². The topological polar surface area (TPSA) is 83.1 Å². The lowest BCUT2D eigenvalue weighted by Gasteiger charge is -2.20. The monoisotopic (exact) mass is 434 g/mol. The molecular weight excluding hydrogens is 427 g/mol. The van der Waals surface area contributed by atoms with Crippen molar-refractivity contribution in [3.05, 3.63) is 63.9 Å². The van der Waals surface area contributed by atoms with Gasteiger partial charge in [0.1, 0.15) is 5.75 Å². The van der Waals surface area contributed by atoms with E-state index in [0.29, 0.717) is 5.56 Å². The molecule has 7 nitrogen and oxygen atoms in total. The van der Waals surface area contributed by atoms with E-state index in [1.165, 1.54) is 24.3 Å². The summed E-state index contributed by atoms with van der Waals surface area (Å²) >= 11 is 6.00. The summed E-state index contributed by atoms with van der Waals surface area (Å²) in [5.74, 6) is -0.600. The predicted octanol–water partition coefficient (Wildman–Crippen LogP) is 5.03. The molecule has 1 aromatic heterocycles. The summed E-state index contributed by atoms with van der Waals surface area (Å²) in [6.07, 6.45) is -11.2. The van der Waals surface area contributed by atoms with Crippen LogP contribution in [-0.2, 0) is 0 Å². The van der Waals surface area contributed by atoms with Crippen LogP contribution in [0, 0.1) is 10.1 Å². The number of nitro groups is 1. The molecule has 2 aromatic carbocycles. The van der Waals surface area contributed by atoms with Crippen LogP contribution >= 0.6 is 11.6 Å². The third-order valence-corrected chi connectivity index (χ3v) is 3.81. The van der Waals surface area contributed by atoms with Crippen LogP contribution in [0.1, 0.15) is 0 Å². The number of hydrogen-bond acceptors (Lipinski definition) is 5. The van der Waals surface area contributed by atoms with Crippen LogP contribution in [0.3, 0.4) is 0 Å². The molecule has 0 bridgehead atoms. The van der Waals surface area contributed by atoms with E-state index in [9.17, 15) is 32.1 Å². The van der Waals surface area contributed by atoms with Crippen molar-refractivity contribution in [1.82, 2.24) is 14.8 Å². The quantitative estimate of drug-likeness (QED) is 0.319. The number of rotatable bonds is 5. The molecule has 29 heavy (non-hydrogen) atoms. The largest absolute Gasteiger partial charge is 0.499 e. The zero-order valence-electron chi connectivity index (χ0n) is 13.9. The maximum absolute atomic E-state index is 12.9. The van der Waals surface area contributed by atoms with E-state index in [4.69, 9.17) is 11.6 Å². The maximum atomic E-state index is 12.9. The summed E-state index contributed by atoms with van der Waals surface area (Å²) in [6, 6.07) is 9.39. The van der Waals surface area contributed by atoms with Crippen LogP contribution in [0.5, 0.6) is 5.75 Å². The Balaban J connectivity index is 1.84. The van der Waals surface area contributed by atoms with Crippen molar-refractivity contribution < 1.29 is 31.6 Å². The van der Waals surface area contributed by atoms with Gasteiger partial charge in [0.25, 0.3) is 5.69 Å². The molecule has 3 rings (SSSR count). The number of halogens is 6. The molecule has 1 heterocycles. The number of alkyl halides is 5. The normalized spacial score (nSPS) is 12.1. The molecule has 152 valence electrons. The lowest BCUT2D eigenvalue weighted by atomic mass is 10.2. The fourth-order valence-electron chi connectivity index (χ4n) is 2.17. The molecule has 0 N–H and O–H groups in total. The average Bonchev–Trinajstić information content (AvgIpc) is 3.03. The lowest BCUT2D eigenvalue weighted by Crippen LogP contribution is -2.41. The highest BCUT2D eigenvalue weighted by Gasteiger charge is 2.61. The van der Waals surface area contributed by atoms with Crippen molar-refractivity contribution in [3.63, 3.8) is 0 Å². The number of hydrogen-bond donors (Lipinski definition) is 0. The highest BCUT2D eigenvalue weighted by molar-refractivity contribution is 6.28. The fraction of sp³-hybridized carbons (Fsp3) is 0.125. The van der Waals surface area contributed by atoms with Crippen LogP contribution in [0.4, 0.5) is 27.6 Å². The lowest BCUT2D eigenvalue weighted by molar-refractivity contribution is -0.384. The van der Waals surface area contributed by atoms with E-state index in [2.05, 4.69) is 14.8 Å². The number of aromatic nitrogens is 3. The van der Waals surface area contributed by atoms with Gasteiger partial charge in [-0.1, -0.05) is 0 Å². The Morgan fingerprint density at radius 2 is 1.59 bits per heavy atom. The van der Waals surface area contributed by atoms with E-state index in [0.717, 1.165) is 28.9 Å². The first-order valence-corrected chi connectivity index (χ1v) is 7.97. The average molecular weight is 435 g/mol. The molecule has 0 saturated heterocycles. The molecule has 0 fully saturated rings. The number of nitrogens with zero attached hydrogens (tertiary/aromatic N) is 4. The van der Waals surface area contributed by atoms with Crippen LogP contribution in [0.2, 0.25) is 5.28 Å². The summed E-state index contributed by atoms with van der Waals surface area (Å²) in [5, 5.41) is 14.7. The Hall–Kier alpha value is -3.28. The van der Waals surface area contributed by atoms with Crippen LogP contribution in [-0.4, -0.2) is 32.0 Å². The van der Waals surface area contributed by atoms with Crippen LogP contribution in [0.15, 0.2) is 48.5 Å². The highest BCUT2D eigenvalue weighted by Crippen LogP contribution is 2.37. The van der Waals surface area contributed by atoms with Crippen molar-refractivity contribution in [2.24, 2.45) is 0 Å². The SMILES string of the molecule is O=[N+]([O-])c1ccc(-c2nc(Cl)n(-c3ccc(OC(F)(F)C(F)(F)F)cc3)n2)cc1. The van der Waals surface area contributed by atoms with Crippen LogP contribution in [0.25, 0.3) is 17.1 Å². The van der Waals surface area contributed by atoms with Crippen molar-refractivity contribution in [2.75, 3.05) is 0 Å². The van der Waals surface area contributed by atoms with Crippen molar-refractivity contribution in [2.45, 2.75) is 12.3 Å². The van der Waals surface area contributed by atoms with E-state index in [1.54, 1.807) is 0 Å². The Morgan fingerprint density at radius 1 is 1.00 bits per heavy atom. The number of nitro benzene ring substituents is 1. The zero-order chi connectivity index (χ0) is 21.4. The van der Waals surface area contributed by atoms with Gasteiger partial charge in [-0.3, -0.25) is 10.1 Å². The number of ether oxygens (including phenoxy) is 1. The molecule has 0 aliphatic heterocycles. The molecule has 0 saturated carbocycles. The molecule has 0 aliphatic rings. The van der Waals surface area contributed by atoms with Gasteiger partial charge in [-0.15, -0.1) is 5.10 Å². The summed E-state index contributed by atoms with van der Waals surface area (Å²) in [6.45, 7) is 0. The number of non-ortho nitro benzene ring substituents is 1. The first-order chi connectivity index (χ1) is 13.5. The van der Waals surface area contributed by atoms with Gasteiger partial charge < -0.3 is 4.74 Å². The van der Waals surface area contributed by atoms with Crippen molar-refractivity contribution >= 4 is 17.3 Å². The first kappa shape index (κ1) is 20.5. The molecule has 0 spiro atoms. The minimum absolute atomic E-state index is 0.119. The van der Waals surface area contributed by atoms with Gasteiger partial charge in [0.2, 0.25) is 5.28 Å². The maximum Gasteiger partial charge on any atom is 0.499 e. The van der Waals surface area contributed by atoms with Crippen LogP contribution < -0.4 is 4.74 Å². The van der Waals surface area contributed by atoms with Crippen molar-refractivity contribution in [1.29, 1.82) is 0 Å². The first-order valence-electron chi connectivity index (χ1n) is 7.59. The van der Waals surface area contributed by atoms with E-state index in [1.807, 2.05) is 0 Å². The summed E-state index contributed by atoms with van der Waals surface area (Å²) in [4.78, 5) is 14.1. The molecule has 0 amide bonds. The zero-order valence-corrected chi connectivity index (χ0v) is 14.7. The molecule has 13 heteroatoms. The summed E-state index contributed by atoms with van der Waals surface area (Å²) in [7, 11) is 0. The second kappa shape index (κ2) is 7.28. The highest BCUT2D eigenvalue weighted by atomic mass is 35.5. The summed E-state index contributed by atoms with van der Waals surface area (Å²) in [5.41, 5.74) is 0.491. The Morgan fingerprint density at radius 3 is 2.10 bits per heavy atom. The van der Waals surface area contributed by atoms with E-state index in [-0.39, 0.29) is 22.5 Å². The molecule has 0 radical (unpaired) electrons. The predicted molar refractivity (Wildman–Crippen MR) is 90.1 cm³/mol. The van der Waals surface area contributed by atoms with Gasteiger partial charge in [0.15, 0.2) is 5.82 Å². The van der Waals surface area contributed by atoms with Gasteiger partial charge >= 0.3 is 12.3 Å². The Labute approximate surface area is 163 Å². The Kier molecular flexibility index (Phi) is 5.13. The third kappa shape index (κ3) is 4.26. The molecule has 3 aromatic rings. The number of benzene rings is 2. The van der Waals surface area contributed by atoms with Gasteiger partial charge in [-0.05, 0) is 48.0 Å². The molecule has 0 aliphatic carbocycles. The van der Waals surface area contributed by atoms with Gasteiger partial charge in [0.05, 0.1) is 10.6 Å². The molecule has 0 atom stereocenters. The summed E-state index contributed by atoms with van der Waals surface area (Å²) < 4.78 is 67.3. The molecule has 0 unspecified atom stereocenters. The second-order valence-electron chi connectivity index (χ2n) is 5.53. The van der Waals surface area contributed by atoms with Gasteiger partial charge in [-0.25, -0.2) is 4.68 Å². The van der Waals surface area contributed by atoms with Gasteiger partial charge in [-0.2, -0.15) is 26.9 Å². The van der Waals surface area contributed by atoms with E-state index >= 15 is 0 Å². The van der Waals surface area contributed by atoms with E-state index < -0.39 is 23.0 Å². The third-order valence-electron chi connectivity index (χ3n) is 3.56. The minimum atomic E-state index is -5.86. The van der Waals surface area contributed by atoms with Crippen molar-refractivity contribution in [3.8, 4) is 22.8 Å². The Bertz CT molecular complexity index is 1040. The fourth-order valence-corrected chi connectivity index (χ4v) is 2.39. The smallest absolute Gasteiger partial charge is 0.426 e.